The predicted octanol–water partition coefficient (Wildman–Crippen LogP) is 2.80. The SMILES string of the molecule is CC(C(=O)Nc1ccc(CCn2nnc(-c3ccccc3)n2)cc1)C1CNC1.Cl. The molecule has 0 aliphatic carbocycles. The smallest absolute Gasteiger partial charge is 0.227 e. The maximum atomic E-state index is 12.3. The van der Waals surface area contributed by atoms with Crippen molar-refractivity contribution in [3.8, 4) is 11.4 Å². The molecule has 0 spiro atoms. The zero-order valence-electron chi connectivity index (χ0n) is 16.3. The zero-order valence-corrected chi connectivity index (χ0v) is 17.1. The lowest BCUT2D eigenvalue weighted by atomic mass is 9.88. The van der Waals surface area contributed by atoms with Crippen LogP contribution in [-0.4, -0.2) is 39.2 Å². The quantitative estimate of drug-likeness (QED) is 0.623. The number of benzene rings is 2. The molecule has 0 bridgehead atoms. The summed E-state index contributed by atoms with van der Waals surface area (Å²) in [4.78, 5) is 13.9. The Morgan fingerprint density at radius 2 is 1.90 bits per heavy atom. The molecule has 29 heavy (non-hydrogen) atoms. The van der Waals surface area contributed by atoms with Gasteiger partial charge < -0.3 is 10.6 Å². The molecular formula is C21H25ClN6O. The number of nitrogens with zero attached hydrogens (tertiary/aromatic N) is 4. The van der Waals surface area contributed by atoms with Crippen LogP contribution in [0, 0.1) is 11.8 Å². The van der Waals surface area contributed by atoms with Crippen LogP contribution in [0.1, 0.15) is 12.5 Å². The molecule has 2 N–H and O–H groups in total. The topological polar surface area (TPSA) is 84.7 Å². The first-order chi connectivity index (χ1) is 13.7. The van der Waals surface area contributed by atoms with Gasteiger partial charge in [-0.05, 0) is 48.3 Å². The van der Waals surface area contributed by atoms with Gasteiger partial charge in [-0.25, -0.2) is 0 Å². The zero-order chi connectivity index (χ0) is 19.3. The van der Waals surface area contributed by atoms with Gasteiger partial charge in [0.25, 0.3) is 0 Å². The molecule has 8 heteroatoms. The fourth-order valence-electron chi connectivity index (χ4n) is 3.16. The van der Waals surface area contributed by atoms with E-state index in [1.807, 2.05) is 61.5 Å². The third kappa shape index (κ3) is 5.19. The number of hydrogen-bond donors (Lipinski definition) is 2. The summed E-state index contributed by atoms with van der Waals surface area (Å²) in [5, 5.41) is 18.9. The van der Waals surface area contributed by atoms with E-state index in [9.17, 15) is 4.79 Å². The van der Waals surface area contributed by atoms with Crippen LogP contribution in [0.5, 0.6) is 0 Å². The summed E-state index contributed by atoms with van der Waals surface area (Å²) in [6.07, 6.45) is 0.795. The van der Waals surface area contributed by atoms with Crippen LogP contribution in [0.3, 0.4) is 0 Å². The molecule has 0 radical (unpaired) electrons. The molecule has 4 rings (SSSR count). The Kier molecular flexibility index (Phi) is 6.95. The molecule has 1 aliphatic rings. The van der Waals surface area contributed by atoms with Crippen molar-refractivity contribution >= 4 is 24.0 Å². The van der Waals surface area contributed by atoms with Crippen molar-refractivity contribution in [2.75, 3.05) is 18.4 Å². The fraction of sp³-hybridized carbons (Fsp3) is 0.333. The fourth-order valence-corrected chi connectivity index (χ4v) is 3.16. The largest absolute Gasteiger partial charge is 0.326 e. The number of amides is 1. The van der Waals surface area contributed by atoms with Gasteiger partial charge in [0.1, 0.15) is 0 Å². The third-order valence-electron chi connectivity index (χ3n) is 5.24. The van der Waals surface area contributed by atoms with Gasteiger partial charge in [0, 0.05) is 17.2 Å². The van der Waals surface area contributed by atoms with E-state index in [0.29, 0.717) is 18.3 Å². The normalized spacial score (nSPS) is 14.5. The maximum absolute atomic E-state index is 12.3. The number of rotatable bonds is 7. The maximum Gasteiger partial charge on any atom is 0.227 e. The van der Waals surface area contributed by atoms with Crippen molar-refractivity contribution in [3.63, 3.8) is 0 Å². The van der Waals surface area contributed by atoms with E-state index < -0.39 is 0 Å². The van der Waals surface area contributed by atoms with E-state index in [0.717, 1.165) is 36.3 Å². The van der Waals surface area contributed by atoms with E-state index in [2.05, 4.69) is 26.0 Å². The van der Waals surface area contributed by atoms with Crippen LogP contribution in [0.15, 0.2) is 54.6 Å². The Labute approximate surface area is 176 Å². The number of hydrogen-bond acceptors (Lipinski definition) is 5. The van der Waals surface area contributed by atoms with Gasteiger partial charge in [-0.3, -0.25) is 4.79 Å². The molecule has 2 aromatic carbocycles. The van der Waals surface area contributed by atoms with Crippen LogP contribution in [0.4, 0.5) is 5.69 Å². The van der Waals surface area contributed by atoms with Gasteiger partial charge in [0.15, 0.2) is 0 Å². The Morgan fingerprint density at radius 3 is 2.55 bits per heavy atom. The molecular weight excluding hydrogens is 388 g/mol. The van der Waals surface area contributed by atoms with E-state index in [1.54, 1.807) is 4.80 Å². The number of carbonyl (C=O) groups excluding carboxylic acids is 1. The van der Waals surface area contributed by atoms with E-state index in [4.69, 9.17) is 0 Å². The molecule has 1 atom stereocenters. The molecule has 3 aromatic rings. The average Bonchev–Trinajstić information content (AvgIpc) is 3.16. The lowest BCUT2D eigenvalue weighted by Crippen LogP contribution is -2.48. The van der Waals surface area contributed by atoms with Gasteiger partial charge in [-0.15, -0.1) is 22.6 Å². The van der Waals surface area contributed by atoms with Crippen molar-refractivity contribution in [2.24, 2.45) is 11.8 Å². The number of anilines is 1. The van der Waals surface area contributed by atoms with Gasteiger partial charge in [-0.1, -0.05) is 49.4 Å². The Hall–Kier alpha value is -2.77. The first kappa shape index (κ1) is 21.0. The molecule has 1 unspecified atom stereocenters. The molecule has 1 amide bonds. The molecule has 2 heterocycles. The molecule has 1 fully saturated rings. The number of aryl methyl sites for hydroxylation is 2. The van der Waals surface area contributed by atoms with Crippen molar-refractivity contribution in [1.82, 2.24) is 25.5 Å². The third-order valence-corrected chi connectivity index (χ3v) is 5.24. The Morgan fingerprint density at radius 1 is 1.17 bits per heavy atom. The summed E-state index contributed by atoms with van der Waals surface area (Å²) < 4.78 is 0. The van der Waals surface area contributed by atoms with E-state index in [1.165, 1.54) is 0 Å². The highest BCUT2D eigenvalue weighted by Crippen LogP contribution is 2.19. The number of aromatic nitrogens is 4. The van der Waals surface area contributed by atoms with Crippen LogP contribution in [0.25, 0.3) is 11.4 Å². The van der Waals surface area contributed by atoms with Crippen LogP contribution >= 0.6 is 12.4 Å². The summed E-state index contributed by atoms with van der Waals surface area (Å²) in [6.45, 7) is 4.49. The van der Waals surface area contributed by atoms with Gasteiger partial charge in [0.05, 0.1) is 6.54 Å². The molecule has 1 saturated heterocycles. The summed E-state index contributed by atoms with van der Waals surface area (Å²) in [7, 11) is 0. The second-order valence-corrected chi connectivity index (χ2v) is 7.22. The average molecular weight is 413 g/mol. The predicted molar refractivity (Wildman–Crippen MR) is 115 cm³/mol. The first-order valence-corrected chi connectivity index (χ1v) is 9.63. The standard InChI is InChI=1S/C21H24N6O.ClH/c1-15(18-13-22-14-18)21(28)23-19-9-7-16(8-10-19)11-12-27-25-20(24-26-27)17-5-3-2-4-6-17;/h2-10,15,18,22H,11-14H2,1H3,(H,23,28);1H. The highest BCUT2D eigenvalue weighted by molar-refractivity contribution is 5.92. The minimum absolute atomic E-state index is 0. The summed E-state index contributed by atoms with van der Waals surface area (Å²) in [6, 6.07) is 17.8. The number of halogens is 1. The van der Waals surface area contributed by atoms with Crippen LogP contribution < -0.4 is 10.6 Å². The van der Waals surface area contributed by atoms with Gasteiger partial charge >= 0.3 is 0 Å². The summed E-state index contributed by atoms with van der Waals surface area (Å²) in [5.74, 6) is 1.18. The van der Waals surface area contributed by atoms with Crippen molar-refractivity contribution in [1.29, 1.82) is 0 Å². The summed E-state index contributed by atoms with van der Waals surface area (Å²) in [5.41, 5.74) is 2.95. The van der Waals surface area contributed by atoms with Crippen molar-refractivity contribution in [2.45, 2.75) is 19.9 Å². The first-order valence-electron chi connectivity index (χ1n) is 9.63. The Balaban J connectivity index is 0.00000240. The minimum Gasteiger partial charge on any atom is -0.326 e. The summed E-state index contributed by atoms with van der Waals surface area (Å²) >= 11 is 0. The number of tetrazole rings is 1. The van der Waals surface area contributed by atoms with E-state index in [-0.39, 0.29) is 24.2 Å². The second kappa shape index (κ2) is 9.62. The molecule has 1 aromatic heterocycles. The molecule has 7 nitrogen and oxygen atoms in total. The lowest BCUT2D eigenvalue weighted by Gasteiger charge is -2.31. The molecule has 1 aliphatic heterocycles. The monoisotopic (exact) mass is 412 g/mol. The minimum atomic E-state index is 0. The second-order valence-electron chi connectivity index (χ2n) is 7.22. The Bertz CT molecular complexity index is 924. The van der Waals surface area contributed by atoms with Crippen LogP contribution in [-0.2, 0) is 17.8 Å². The number of nitrogens with one attached hydrogen (secondary N) is 2. The molecule has 0 saturated carbocycles. The highest BCUT2D eigenvalue weighted by Gasteiger charge is 2.28. The lowest BCUT2D eigenvalue weighted by molar-refractivity contribution is -0.121. The van der Waals surface area contributed by atoms with Gasteiger partial charge in [-0.2, -0.15) is 4.80 Å². The van der Waals surface area contributed by atoms with Crippen molar-refractivity contribution < 1.29 is 4.79 Å². The number of carbonyl (C=O) groups is 1. The van der Waals surface area contributed by atoms with Crippen LogP contribution in [0.2, 0.25) is 0 Å². The van der Waals surface area contributed by atoms with E-state index >= 15 is 0 Å². The van der Waals surface area contributed by atoms with Gasteiger partial charge in [0.2, 0.25) is 11.7 Å². The molecule has 152 valence electrons. The van der Waals surface area contributed by atoms with Crippen molar-refractivity contribution in [3.05, 3.63) is 60.2 Å². The highest BCUT2D eigenvalue weighted by atomic mass is 35.5.